The molecule has 12 rings (SSSR count). The number of ketones is 1. The molecule has 22 heteroatoms. The van der Waals surface area contributed by atoms with E-state index in [2.05, 4.69) is 36.6 Å². The smallest absolute Gasteiger partial charge is 0.337 e. The average Bonchev–Trinajstić information content (AvgIpc) is 1.60. The van der Waals surface area contributed by atoms with Crippen molar-refractivity contribution in [3.8, 4) is 0 Å². The topological polar surface area (TPSA) is 196 Å². The summed E-state index contributed by atoms with van der Waals surface area (Å²) >= 11 is 21.7. The number of halogens is 7. The van der Waals surface area contributed by atoms with Gasteiger partial charge < -0.3 is 35.2 Å². The summed E-state index contributed by atoms with van der Waals surface area (Å²) in [5.41, 5.74) is 7.48. The van der Waals surface area contributed by atoms with Gasteiger partial charge in [0.15, 0.2) is 5.78 Å². The van der Waals surface area contributed by atoms with E-state index in [4.69, 9.17) is 44.7 Å². The third-order valence-corrected chi connectivity index (χ3v) is 17.9. The SMILES string of the molecule is CC1(Nc2ccc(C(=O)NO)cc2)C(=O)N(Cc2ccccc2Cl)c2ccc(F)cc21.COC(=O)c1ccc(NC2(C)C(=O)Cc3ccc(F)cc32)cc1.COC(=O)c1ccc(NC2(C)C(=O)N(Cc3ccccc3Cl)c3ccc(F)cc32)cc1.Clc1ccccc1CBr. The maximum atomic E-state index is 14.1. The van der Waals surface area contributed by atoms with Gasteiger partial charge in [-0.15, -0.1) is 0 Å². The number of amides is 3. The van der Waals surface area contributed by atoms with Crippen molar-refractivity contribution in [3.63, 3.8) is 0 Å². The first kappa shape index (κ1) is 68.9. The molecule has 0 spiro atoms. The van der Waals surface area contributed by atoms with Crippen molar-refractivity contribution in [1.29, 1.82) is 0 Å². The lowest BCUT2D eigenvalue weighted by molar-refractivity contribution is -0.122. The maximum absolute atomic E-state index is 14.1. The number of nitrogens with one attached hydrogen (secondary N) is 4. The van der Waals surface area contributed by atoms with Gasteiger partial charge in [0.1, 0.15) is 34.1 Å². The van der Waals surface area contributed by atoms with Gasteiger partial charge in [0.2, 0.25) is 0 Å². The number of esters is 2. The standard InChI is InChI=1S/C24H20ClFN2O3.C23H19ClFN3O3.C18H16FNO3.C7H6BrCl/c1-24(27-18-10-7-15(8-11-18)22(29)31-2)19-13-17(26)9-12-21(19)28(23(24)30)14-16-5-3-4-6-20(16)25;1-23(26-17-9-6-14(7-10-17)21(29)27-31)18-12-16(25)8-11-20(18)28(22(23)30)13-15-4-2-3-5-19(15)24;1-18(15-10-13(19)6-3-12(15)9-16(18)21)20-14-7-4-11(5-8-14)17(22)23-2;8-5-6-3-1-2-4-7(6)9/h3-13,27H,14H2,1-2H3;2-12,26,31H,13H2,1H3,(H,27,29);3-8,10,20H,9H2,1-2H3;1-4H,5H2. The Balaban J connectivity index is 0.000000157. The minimum absolute atomic E-state index is 0.0184. The number of carbonyl (C=O) groups excluding carboxylic acids is 6. The fourth-order valence-electron chi connectivity index (χ4n) is 11.1. The number of hydroxylamine groups is 1. The lowest BCUT2D eigenvalue weighted by Gasteiger charge is -2.27. The molecule has 3 atom stereocenters. The largest absolute Gasteiger partial charge is 0.465 e. The van der Waals surface area contributed by atoms with Gasteiger partial charge >= 0.3 is 11.9 Å². The molecule has 0 saturated carbocycles. The normalized spacial score (nSPS) is 17.1. The Morgan fingerprint density at radius 3 is 1.20 bits per heavy atom. The number of anilines is 5. The van der Waals surface area contributed by atoms with Crippen molar-refractivity contribution in [1.82, 2.24) is 5.48 Å². The Bertz CT molecular complexity index is 4160. The predicted octanol–water partition coefficient (Wildman–Crippen LogP) is 15.9. The van der Waals surface area contributed by atoms with Crippen LogP contribution < -0.4 is 31.2 Å². The molecule has 9 aromatic rings. The van der Waals surface area contributed by atoms with Gasteiger partial charge in [0.05, 0.1) is 49.8 Å². The van der Waals surface area contributed by atoms with Crippen molar-refractivity contribution in [2.24, 2.45) is 0 Å². The summed E-state index contributed by atoms with van der Waals surface area (Å²) in [4.78, 5) is 77.4. The molecule has 1 aliphatic carbocycles. The Labute approximate surface area is 563 Å². The van der Waals surface area contributed by atoms with Gasteiger partial charge in [-0.05, 0) is 188 Å². The summed E-state index contributed by atoms with van der Waals surface area (Å²) in [6, 6.07) is 54.7. The van der Waals surface area contributed by atoms with Crippen LogP contribution in [0.15, 0.2) is 200 Å². The summed E-state index contributed by atoms with van der Waals surface area (Å²) < 4.78 is 51.2. The second-order valence-corrected chi connectivity index (χ2v) is 24.1. The van der Waals surface area contributed by atoms with Crippen LogP contribution >= 0.6 is 50.7 Å². The molecular weight excluding hydrogens is 1340 g/mol. The molecule has 0 saturated heterocycles. The predicted molar refractivity (Wildman–Crippen MR) is 361 cm³/mol. The number of alkyl halides is 1. The lowest BCUT2D eigenvalue weighted by Crippen LogP contribution is -2.43. The number of Topliss-reactive ketones (excluding diaryl/α,β-unsaturated/α-hetero) is 1. The second kappa shape index (κ2) is 29.6. The first-order valence-corrected chi connectivity index (χ1v) is 31.3. The van der Waals surface area contributed by atoms with Gasteiger partial charge in [-0.25, -0.2) is 28.2 Å². The van der Waals surface area contributed by atoms with E-state index < -0.39 is 46.1 Å². The van der Waals surface area contributed by atoms with E-state index in [-0.39, 0.29) is 48.5 Å². The minimum atomic E-state index is -1.24. The summed E-state index contributed by atoms with van der Waals surface area (Å²) in [6.07, 6.45) is 0.277. The quantitative estimate of drug-likeness (QED) is 0.0300. The summed E-state index contributed by atoms with van der Waals surface area (Å²) in [7, 11) is 2.63. The molecule has 3 unspecified atom stereocenters. The van der Waals surface area contributed by atoms with Gasteiger partial charge in [0.25, 0.3) is 17.7 Å². The highest BCUT2D eigenvalue weighted by Gasteiger charge is 2.50. The zero-order valence-electron chi connectivity index (χ0n) is 51.1. The number of fused-ring (bicyclic) bond motifs is 3. The number of rotatable bonds is 14. The Morgan fingerprint density at radius 2 is 0.840 bits per heavy atom. The third kappa shape index (κ3) is 14.9. The van der Waals surface area contributed by atoms with Crippen LogP contribution in [0.4, 0.5) is 41.6 Å². The lowest BCUT2D eigenvalue weighted by atomic mass is 9.92. The van der Waals surface area contributed by atoms with Crippen molar-refractivity contribution < 1.29 is 56.6 Å². The molecule has 15 nitrogen and oxygen atoms in total. The molecule has 2 aliphatic heterocycles. The van der Waals surface area contributed by atoms with Gasteiger partial charge in [-0.3, -0.25) is 24.4 Å². The average molecular weight is 1400 g/mol. The fraction of sp³-hybridized carbons (Fsp3) is 0.167. The van der Waals surface area contributed by atoms with Crippen LogP contribution in [-0.2, 0) is 65.3 Å². The summed E-state index contributed by atoms with van der Waals surface area (Å²) in [5.74, 6) is -3.28. The molecule has 0 aromatic heterocycles. The molecule has 2 heterocycles. The number of carbonyl (C=O) groups is 6. The minimum Gasteiger partial charge on any atom is -0.465 e. The van der Waals surface area contributed by atoms with Crippen LogP contribution in [0.2, 0.25) is 15.1 Å². The highest BCUT2D eigenvalue weighted by molar-refractivity contribution is 9.08. The molecule has 9 aromatic carbocycles. The molecule has 3 aliphatic rings. The highest BCUT2D eigenvalue weighted by Crippen LogP contribution is 2.46. The first-order chi connectivity index (χ1) is 44.9. The number of benzene rings is 9. The van der Waals surface area contributed by atoms with Crippen molar-refractivity contribution in [3.05, 3.63) is 288 Å². The van der Waals surface area contributed by atoms with Crippen LogP contribution in [-0.4, -0.2) is 54.9 Å². The van der Waals surface area contributed by atoms with Crippen molar-refractivity contribution in [2.75, 3.05) is 40.0 Å². The number of ether oxygens (including phenoxy) is 2. The molecule has 0 bridgehead atoms. The maximum Gasteiger partial charge on any atom is 0.337 e. The van der Waals surface area contributed by atoms with E-state index in [1.54, 1.807) is 127 Å². The van der Waals surface area contributed by atoms with Gasteiger partial charge in [0, 0.05) is 60.6 Å². The Morgan fingerprint density at radius 1 is 0.489 bits per heavy atom. The van der Waals surface area contributed by atoms with E-state index in [1.165, 1.54) is 62.8 Å². The van der Waals surface area contributed by atoms with Crippen LogP contribution in [0.25, 0.3) is 0 Å². The molecule has 94 heavy (non-hydrogen) atoms. The van der Waals surface area contributed by atoms with Crippen LogP contribution in [0.1, 0.15) is 90.8 Å². The summed E-state index contributed by atoms with van der Waals surface area (Å²) in [5, 5.41) is 21.1. The molecule has 3 amide bonds. The van der Waals surface area contributed by atoms with Crippen LogP contribution in [0.5, 0.6) is 0 Å². The molecule has 482 valence electrons. The van der Waals surface area contributed by atoms with Gasteiger partial charge in [-0.1, -0.05) is 111 Å². The number of hydrogen-bond donors (Lipinski definition) is 5. The van der Waals surface area contributed by atoms with E-state index >= 15 is 0 Å². The Kier molecular flexibility index (Phi) is 21.7. The zero-order chi connectivity index (χ0) is 67.6. The molecule has 5 N–H and O–H groups in total. The fourth-order valence-corrected chi connectivity index (χ4v) is 12.3. The highest BCUT2D eigenvalue weighted by atomic mass is 79.9. The number of hydrogen-bond acceptors (Lipinski definition) is 12. The monoisotopic (exact) mass is 1390 g/mol. The van der Waals surface area contributed by atoms with Crippen molar-refractivity contribution in [2.45, 2.75) is 62.2 Å². The van der Waals surface area contributed by atoms with E-state index in [0.29, 0.717) is 66.3 Å². The number of nitrogens with zero attached hydrogens (tertiary/aromatic N) is 2. The van der Waals surface area contributed by atoms with E-state index in [1.807, 2.05) is 60.7 Å². The van der Waals surface area contributed by atoms with Crippen molar-refractivity contribution >= 4 is 115 Å². The van der Waals surface area contributed by atoms with E-state index in [9.17, 15) is 41.9 Å². The molecular formula is C72H61BrCl3F3N6O9. The van der Waals surface area contributed by atoms with Crippen LogP contribution in [0, 0.1) is 17.5 Å². The number of methoxy groups -OCH3 is 2. The van der Waals surface area contributed by atoms with Gasteiger partial charge in [-0.2, -0.15) is 0 Å². The summed E-state index contributed by atoms with van der Waals surface area (Å²) in [6.45, 7) is 5.65. The molecule has 0 fully saturated rings. The van der Waals surface area contributed by atoms with E-state index in [0.717, 1.165) is 32.6 Å². The second-order valence-electron chi connectivity index (χ2n) is 22.3. The Hall–Kier alpha value is -9.50. The first-order valence-electron chi connectivity index (χ1n) is 29.0. The zero-order valence-corrected chi connectivity index (χ0v) is 55.0. The molecule has 0 radical (unpaired) electrons. The van der Waals surface area contributed by atoms with Crippen LogP contribution in [0.3, 0.4) is 0 Å². The third-order valence-electron chi connectivity index (χ3n) is 16.2.